The van der Waals surface area contributed by atoms with E-state index >= 15 is 0 Å². The summed E-state index contributed by atoms with van der Waals surface area (Å²) < 4.78 is 0. The minimum absolute atomic E-state index is 0.0851. The highest BCUT2D eigenvalue weighted by molar-refractivity contribution is 8.00. The predicted octanol–water partition coefficient (Wildman–Crippen LogP) is 0.194. The number of H-pyrrole nitrogens is 1. The average Bonchev–Trinajstić information content (AvgIpc) is 2.40. The van der Waals surface area contributed by atoms with Crippen LogP contribution in [0.3, 0.4) is 0 Å². The number of piperidine rings is 1. The molecule has 2 rings (SSSR count). The van der Waals surface area contributed by atoms with Gasteiger partial charge >= 0.3 is 0 Å². The Kier molecular flexibility index (Phi) is 4.77. The molecule has 0 saturated carbocycles. The molecule has 1 aromatic rings. The number of aromatic nitrogens is 2. The molecule has 7 heteroatoms. The van der Waals surface area contributed by atoms with Crippen molar-refractivity contribution in [1.29, 1.82) is 0 Å². The van der Waals surface area contributed by atoms with Gasteiger partial charge in [0.15, 0.2) is 5.82 Å². The SMILES string of the molecule is O=C(CSC1CCNCC1)Nc1ccc(=O)[nH]n1. The van der Waals surface area contributed by atoms with Crippen molar-refractivity contribution in [2.45, 2.75) is 18.1 Å². The summed E-state index contributed by atoms with van der Waals surface area (Å²) >= 11 is 1.68. The summed E-state index contributed by atoms with van der Waals surface area (Å²) in [6.07, 6.45) is 2.21. The molecule has 0 aliphatic carbocycles. The number of amides is 1. The van der Waals surface area contributed by atoms with Gasteiger partial charge < -0.3 is 10.6 Å². The topological polar surface area (TPSA) is 86.9 Å². The lowest BCUT2D eigenvalue weighted by molar-refractivity contribution is -0.113. The molecule has 1 aromatic heterocycles. The molecule has 0 radical (unpaired) electrons. The van der Waals surface area contributed by atoms with Gasteiger partial charge in [-0.25, -0.2) is 5.10 Å². The van der Waals surface area contributed by atoms with Crippen LogP contribution < -0.4 is 16.2 Å². The van der Waals surface area contributed by atoms with Gasteiger partial charge in [0, 0.05) is 11.3 Å². The van der Waals surface area contributed by atoms with E-state index in [9.17, 15) is 9.59 Å². The first-order valence-corrected chi connectivity index (χ1v) is 6.97. The number of anilines is 1. The molecule has 0 spiro atoms. The molecular weight excluding hydrogens is 252 g/mol. The first kappa shape index (κ1) is 13.1. The summed E-state index contributed by atoms with van der Waals surface area (Å²) in [4.78, 5) is 22.5. The maximum Gasteiger partial charge on any atom is 0.264 e. The van der Waals surface area contributed by atoms with Crippen molar-refractivity contribution in [2.75, 3.05) is 24.2 Å². The standard InChI is InChI=1S/C11H16N4O2S/c16-10-2-1-9(14-15-10)13-11(17)7-18-8-3-5-12-6-4-8/h1-2,8,12H,3-7H2,(H,15,16)(H,13,14,17). The summed E-state index contributed by atoms with van der Waals surface area (Å²) in [6.45, 7) is 2.06. The lowest BCUT2D eigenvalue weighted by Gasteiger charge is -2.21. The monoisotopic (exact) mass is 268 g/mol. The quantitative estimate of drug-likeness (QED) is 0.726. The summed E-state index contributed by atoms with van der Waals surface area (Å²) in [5, 5.41) is 12.5. The third-order valence-electron chi connectivity index (χ3n) is 2.68. The van der Waals surface area contributed by atoms with E-state index in [1.165, 1.54) is 12.1 Å². The summed E-state index contributed by atoms with van der Waals surface area (Å²) in [6, 6.07) is 2.83. The van der Waals surface area contributed by atoms with Crippen LogP contribution in [0.4, 0.5) is 5.82 Å². The number of nitrogens with one attached hydrogen (secondary N) is 3. The molecule has 1 fully saturated rings. The summed E-state index contributed by atoms with van der Waals surface area (Å²) in [7, 11) is 0. The van der Waals surface area contributed by atoms with Crippen LogP contribution in [0.15, 0.2) is 16.9 Å². The van der Waals surface area contributed by atoms with Crippen LogP contribution in [0.1, 0.15) is 12.8 Å². The van der Waals surface area contributed by atoms with Crippen molar-refractivity contribution >= 4 is 23.5 Å². The highest BCUT2D eigenvalue weighted by atomic mass is 32.2. The Morgan fingerprint density at radius 2 is 2.22 bits per heavy atom. The van der Waals surface area contributed by atoms with E-state index in [4.69, 9.17) is 0 Å². The summed E-state index contributed by atoms with van der Waals surface area (Å²) in [5.74, 6) is 0.717. The number of carbonyl (C=O) groups excluding carboxylic acids is 1. The van der Waals surface area contributed by atoms with Crippen LogP contribution in [0.2, 0.25) is 0 Å². The van der Waals surface area contributed by atoms with E-state index in [2.05, 4.69) is 20.8 Å². The van der Waals surface area contributed by atoms with Crippen LogP contribution in [0.25, 0.3) is 0 Å². The van der Waals surface area contributed by atoms with Crippen LogP contribution >= 0.6 is 11.8 Å². The Bertz CT molecular complexity index is 436. The van der Waals surface area contributed by atoms with Gasteiger partial charge in [0.2, 0.25) is 5.91 Å². The van der Waals surface area contributed by atoms with Crippen molar-refractivity contribution in [3.8, 4) is 0 Å². The third-order valence-corrected chi connectivity index (χ3v) is 4.05. The van der Waals surface area contributed by atoms with Gasteiger partial charge in [-0.1, -0.05) is 0 Å². The number of hydrogen-bond acceptors (Lipinski definition) is 5. The molecule has 1 saturated heterocycles. The second-order valence-corrected chi connectivity index (χ2v) is 5.40. The van der Waals surface area contributed by atoms with E-state index in [0.717, 1.165) is 25.9 Å². The number of thioether (sulfide) groups is 1. The van der Waals surface area contributed by atoms with E-state index in [1.807, 2.05) is 0 Å². The third kappa shape index (κ3) is 4.15. The average molecular weight is 268 g/mol. The van der Waals surface area contributed by atoms with E-state index in [1.54, 1.807) is 11.8 Å². The first-order valence-electron chi connectivity index (χ1n) is 5.92. The minimum Gasteiger partial charge on any atom is -0.317 e. The maximum absolute atomic E-state index is 11.7. The van der Waals surface area contributed by atoms with Gasteiger partial charge in [-0.15, -0.1) is 11.8 Å². The zero-order valence-electron chi connectivity index (χ0n) is 9.94. The molecule has 0 unspecified atom stereocenters. The molecule has 18 heavy (non-hydrogen) atoms. The highest BCUT2D eigenvalue weighted by Gasteiger charge is 2.15. The van der Waals surface area contributed by atoms with Gasteiger partial charge in [0.25, 0.3) is 5.56 Å². The molecule has 1 amide bonds. The van der Waals surface area contributed by atoms with Gasteiger partial charge in [-0.3, -0.25) is 9.59 Å². The Balaban J connectivity index is 1.74. The Morgan fingerprint density at radius 3 is 2.89 bits per heavy atom. The predicted molar refractivity (Wildman–Crippen MR) is 71.8 cm³/mol. The molecule has 1 aliphatic rings. The lowest BCUT2D eigenvalue weighted by atomic mass is 10.2. The van der Waals surface area contributed by atoms with Crippen molar-refractivity contribution in [2.24, 2.45) is 0 Å². The fourth-order valence-electron chi connectivity index (χ4n) is 1.75. The van der Waals surface area contributed by atoms with Crippen LogP contribution in [0, 0.1) is 0 Å². The smallest absolute Gasteiger partial charge is 0.264 e. The number of rotatable bonds is 4. The molecule has 0 bridgehead atoms. The Labute approximate surface area is 109 Å². The normalized spacial score (nSPS) is 16.4. The molecule has 0 atom stereocenters. The fourth-order valence-corrected chi connectivity index (χ4v) is 2.78. The number of aromatic amines is 1. The largest absolute Gasteiger partial charge is 0.317 e. The van der Waals surface area contributed by atoms with Crippen molar-refractivity contribution in [3.05, 3.63) is 22.5 Å². The fraction of sp³-hybridized carbons (Fsp3) is 0.545. The van der Waals surface area contributed by atoms with Crippen molar-refractivity contribution < 1.29 is 4.79 Å². The zero-order valence-corrected chi connectivity index (χ0v) is 10.8. The number of hydrogen-bond donors (Lipinski definition) is 3. The molecule has 0 aromatic carbocycles. The van der Waals surface area contributed by atoms with E-state index < -0.39 is 0 Å². The molecule has 6 nitrogen and oxygen atoms in total. The minimum atomic E-state index is -0.280. The van der Waals surface area contributed by atoms with E-state index in [-0.39, 0.29) is 11.5 Å². The maximum atomic E-state index is 11.7. The molecule has 98 valence electrons. The van der Waals surface area contributed by atoms with Crippen LogP contribution in [0.5, 0.6) is 0 Å². The molecule has 1 aliphatic heterocycles. The van der Waals surface area contributed by atoms with Gasteiger partial charge in [0.05, 0.1) is 5.75 Å². The van der Waals surface area contributed by atoms with E-state index in [0.29, 0.717) is 16.8 Å². The second kappa shape index (κ2) is 6.55. The van der Waals surface area contributed by atoms with Gasteiger partial charge in [0.1, 0.15) is 0 Å². The molecule has 3 N–H and O–H groups in total. The number of carbonyl (C=O) groups is 1. The van der Waals surface area contributed by atoms with Crippen molar-refractivity contribution in [3.63, 3.8) is 0 Å². The summed E-state index contributed by atoms with van der Waals surface area (Å²) in [5.41, 5.74) is -0.280. The van der Waals surface area contributed by atoms with Gasteiger partial charge in [-0.2, -0.15) is 5.10 Å². The molecule has 2 heterocycles. The highest BCUT2D eigenvalue weighted by Crippen LogP contribution is 2.19. The van der Waals surface area contributed by atoms with Crippen molar-refractivity contribution in [1.82, 2.24) is 15.5 Å². The van der Waals surface area contributed by atoms with Crippen LogP contribution in [-0.2, 0) is 4.79 Å². The Hall–Kier alpha value is -1.34. The first-order chi connectivity index (χ1) is 8.74. The van der Waals surface area contributed by atoms with Gasteiger partial charge in [-0.05, 0) is 32.0 Å². The number of nitrogens with zero attached hydrogens (tertiary/aromatic N) is 1. The zero-order chi connectivity index (χ0) is 12.8. The molecular formula is C11H16N4O2S. The Morgan fingerprint density at radius 1 is 1.44 bits per heavy atom. The second-order valence-electron chi connectivity index (χ2n) is 4.11. The lowest BCUT2D eigenvalue weighted by Crippen LogP contribution is -2.30. The van der Waals surface area contributed by atoms with Crippen LogP contribution in [-0.4, -0.2) is 40.2 Å².